The van der Waals surface area contributed by atoms with E-state index < -0.39 is 11.7 Å². The first-order valence-corrected chi connectivity index (χ1v) is 11.3. The molecule has 0 saturated heterocycles. The zero-order chi connectivity index (χ0) is 23.3. The third kappa shape index (κ3) is 3.42. The molecular formula is C25H25ClFN5O. The van der Waals surface area contributed by atoms with Gasteiger partial charge < -0.3 is 16.0 Å². The summed E-state index contributed by atoms with van der Waals surface area (Å²) in [5, 5.41) is 3.88. The Balaban J connectivity index is 1.58. The molecule has 2 aromatic heterocycles. The molecule has 1 fully saturated rings. The Morgan fingerprint density at radius 2 is 2.09 bits per heavy atom. The summed E-state index contributed by atoms with van der Waals surface area (Å²) in [5.74, 6) is -0.0536. The molecule has 8 heteroatoms. The molecule has 0 unspecified atom stereocenters. The predicted octanol–water partition coefficient (Wildman–Crippen LogP) is 4.85. The highest BCUT2D eigenvalue weighted by molar-refractivity contribution is 6.34. The van der Waals surface area contributed by atoms with E-state index in [1.54, 1.807) is 38.6 Å². The SMILES string of the molecule is CN(C)C(=O)c1c(N)ccc(-c2cnc3c(c2Cl)[C@@]2(CC[C@@H](c4cccnc4)C2)CN3)c1F. The van der Waals surface area contributed by atoms with Gasteiger partial charge in [-0.15, -0.1) is 0 Å². The molecule has 1 aliphatic heterocycles. The second-order valence-electron chi connectivity index (χ2n) is 9.16. The van der Waals surface area contributed by atoms with Gasteiger partial charge in [-0.2, -0.15) is 0 Å². The van der Waals surface area contributed by atoms with E-state index in [1.807, 2.05) is 12.3 Å². The van der Waals surface area contributed by atoms with Crippen LogP contribution in [0.5, 0.6) is 0 Å². The van der Waals surface area contributed by atoms with Crippen LogP contribution < -0.4 is 11.1 Å². The number of amides is 1. The minimum atomic E-state index is -0.683. The summed E-state index contributed by atoms with van der Waals surface area (Å²) >= 11 is 6.97. The van der Waals surface area contributed by atoms with E-state index >= 15 is 4.39 Å². The second kappa shape index (κ2) is 7.99. The van der Waals surface area contributed by atoms with Gasteiger partial charge >= 0.3 is 0 Å². The summed E-state index contributed by atoms with van der Waals surface area (Å²) in [6.07, 6.45) is 8.16. The number of carbonyl (C=O) groups excluding carboxylic acids is 1. The number of nitrogen functional groups attached to an aromatic ring is 1. The normalized spacial score (nSPS) is 21.2. The van der Waals surface area contributed by atoms with Crippen molar-refractivity contribution >= 4 is 29.0 Å². The lowest BCUT2D eigenvalue weighted by Crippen LogP contribution is -2.25. The molecule has 3 N–H and O–H groups in total. The first-order valence-electron chi connectivity index (χ1n) is 10.9. The van der Waals surface area contributed by atoms with Crippen LogP contribution in [0.25, 0.3) is 11.1 Å². The quantitative estimate of drug-likeness (QED) is 0.540. The molecule has 1 aliphatic carbocycles. The minimum Gasteiger partial charge on any atom is -0.398 e. The van der Waals surface area contributed by atoms with E-state index in [9.17, 15) is 4.79 Å². The highest BCUT2D eigenvalue weighted by Crippen LogP contribution is 2.55. The number of nitrogens with two attached hydrogens (primary N) is 1. The van der Waals surface area contributed by atoms with Gasteiger partial charge in [-0.05, 0) is 48.9 Å². The molecule has 5 rings (SSSR count). The number of nitrogens with one attached hydrogen (secondary N) is 1. The maximum Gasteiger partial charge on any atom is 0.258 e. The molecule has 2 atom stereocenters. The predicted molar refractivity (Wildman–Crippen MR) is 128 cm³/mol. The average molecular weight is 466 g/mol. The Bertz CT molecular complexity index is 1250. The Hall–Kier alpha value is -3.19. The molecule has 3 aromatic rings. The van der Waals surface area contributed by atoms with E-state index in [4.69, 9.17) is 17.3 Å². The number of hydrogen-bond donors (Lipinski definition) is 2. The van der Waals surface area contributed by atoms with Crippen LogP contribution in [0, 0.1) is 5.82 Å². The lowest BCUT2D eigenvalue weighted by molar-refractivity contribution is 0.0824. The summed E-state index contributed by atoms with van der Waals surface area (Å²) < 4.78 is 15.6. The molecule has 3 heterocycles. The molecule has 6 nitrogen and oxygen atoms in total. The molecule has 0 bridgehead atoms. The number of benzene rings is 1. The Labute approximate surface area is 197 Å². The molecule has 2 aliphatic rings. The van der Waals surface area contributed by atoms with E-state index in [0.717, 1.165) is 37.2 Å². The van der Waals surface area contributed by atoms with E-state index in [1.165, 1.54) is 10.5 Å². The van der Waals surface area contributed by atoms with Crippen molar-refractivity contribution in [3.8, 4) is 11.1 Å². The number of nitrogens with zero attached hydrogens (tertiary/aromatic N) is 3. The third-order valence-electron chi connectivity index (χ3n) is 6.99. The van der Waals surface area contributed by atoms with E-state index in [-0.39, 0.29) is 22.2 Å². The number of carbonyl (C=O) groups is 1. The highest BCUT2D eigenvalue weighted by Gasteiger charge is 2.47. The number of pyridine rings is 2. The van der Waals surface area contributed by atoms with Gasteiger partial charge in [0.1, 0.15) is 11.6 Å². The van der Waals surface area contributed by atoms with E-state index in [0.29, 0.717) is 16.5 Å². The summed E-state index contributed by atoms with van der Waals surface area (Å²) in [7, 11) is 3.12. The fourth-order valence-electron chi connectivity index (χ4n) is 5.29. The first-order chi connectivity index (χ1) is 15.8. The van der Waals surface area contributed by atoms with Crippen LogP contribution in [0.1, 0.15) is 46.7 Å². The van der Waals surface area contributed by atoms with E-state index in [2.05, 4.69) is 21.4 Å². The summed E-state index contributed by atoms with van der Waals surface area (Å²) in [6, 6.07) is 7.18. The van der Waals surface area contributed by atoms with Crippen LogP contribution in [-0.2, 0) is 5.41 Å². The number of hydrogen-bond acceptors (Lipinski definition) is 5. The molecule has 33 heavy (non-hydrogen) atoms. The number of fused-ring (bicyclic) bond motifs is 2. The topological polar surface area (TPSA) is 84.1 Å². The third-order valence-corrected chi connectivity index (χ3v) is 7.38. The number of halogens is 2. The summed E-state index contributed by atoms with van der Waals surface area (Å²) in [5.41, 5.74) is 8.55. The molecule has 1 aromatic carbocycles. The fourth-order valence-corrected chi connectivity index (χ4v) is 5.73. The number of aromatic nitrogens is 2. The zero-order valence-corrected chi connectivity index (χ0v) is 19.3. The molecule has 1 saturated carbocycles. The van der Waals surface area contributed by atoms with Crippen molar-refractivity contribution in [2.75, 3.05) is 31.7 Å². The largest absolute Gasteiger partial charge is 0.398 e. The van der Waals surface area contributed by atoms with Crippen LogP contribution in [0.4, 0.5) is 15.9 Å². The smallest absolute Gasteiger partial charge is 0.258 e. The molecule has 1 spiro atoms. The van der Waals surface area contributed by atoms with Gasteiger partial charge in [0.2, 0.25) is 0 Å². The average Bonchev–Trinajstić information content (AvgIpc) is 3.40. The first kappa shape index (κ1) is 21.6. The second-order valence-corrected chi connectivity index (χ2v) is 9.54. The zero-order valence-electron chi connectivity index (χ0n) is 18.5. The maximum absolute atomic E-state index is 15.6. The van der Waals surface area contributed by atoms with Crippen molar-refractivity contribution in [2.24, 2.45) is 0 Å². The molecule has 1 amide bonds. The monoisotopic (exact) mass is 465 g/mol. The Kier molecular flexibility index (Phi) is 5.24. The summed E-state index contributed by atoms with van der Waals surface area (Å²) in [6.45, 7) is 0.740. The van der Waals surface area contributed by atoms with Gasteiger partial charge in [0, 0.05) is 67.0 Å². The molecule has 170 valence electrons. The van der Waals surface area contributed by atoms with Crippen molar-refractivity contribution in [1.29, 1.82) is 0 Å². The van der Waals surface area contributed by atoms with Crippen LogP contribution in [-0.4, -0.2) is 41.4 Å². The lowest BCUT2D eigenvalue weighted by atomic mass is 9.79. The van der Waals surface area contributed by atoms with Gasteiger partial charge in [0.25, 0.3) is 5.91 Å². The minimum absolute atomic E-state index is 0.0911. The van der Waals surface area contributed by atoms with Gasteiger partial charge in [-0.1, -0.05) is 17.7 Å². The molecular weight excluding hydrogens is 441 g/mol. The molecule has 0 radical (unpaired) electrons. The van der Waals surface area contributed by atoms with Gasteiger partial charge in [0.15, 0.2) is 0 Å². The van der Waals surface area contributed by atoms with Gasteiger partial charge in [-0.3, -0.25) is 9.78 Å². The van der Waals surface area contributed by atoms with Crippen LogP contribution in [0.2, 0.25) is 5.02 Å². The fraction of sp³-hybridized carbons (Fsp3) is 0.320. The van der Waals surface area contributed by atoms with Crippen molar-refractivity contribution in [3.63, 3.8) is 0 Å². The van der Waals surface area contributed by atoms with Crippen molar-refractivity contribution in [1.82, 2.24) is 14.9 Å². The Morgan fingerprint density at radius 1 is 1.27 bits per heavy atom. The number of anilines is 2. The summed E-state index contributed by atoms with van der Waals surface area (Å²) in [4.78, 5) is 22.7. The maximum atomic E-state index is 15.6. The Morgan fingerprint density at radius 3 is 2.82 bits per heavy atom. The highest BCUT2D eigenvalue weighted by atomic mass is 35.5. The van der Waals surface area contributed by atoms with Crippen LogP contribution in [0.15, 0.2) is 42.9 Å². The van der Waals surface area contributed by atoms with Gasteiger partial charge in [-0.25, -0.2) is 9.37 Å². The van der Waals surface area contributed by atoms with Gasteiger partial charge in [0.05, 0.1) is 10.6 Å². The van der Waals surface area contributed by atoms with Crippen LogP contribution in [0.3, 0.4) is 0 Å². The van der Waals surface area contributed by atoms with Crippen molar-refractivity contribution in [2.45, 2.75) is 30.6 Å². The van der Waals surface area contributed by atoms with Crippen molar-refractivity contribution in [3.05, 3.63) is 70.4 Å². The van der Waals surface area contributed by atoms with Crippen LogP contribution >= 0.6 is 11.6 Å². The number of rotatable bonds is 3. The lowest BCUT2D eigenvalue weighted by Gasteiger charge is -2.25. The van der Waals surface area contributed by atoms with Crippen molar-refractivity contribution < 1.29 is 9.18 Å². The standard InChI is InChI=1S/C25H25ClFN5O/c1-32(2)24(33)19-18(28)6-5-16(22(19)27)17-12-30-23-20(21(17)26)25(13-31-23)8-7-14(10-25)15-4-3-9-29-11-15/h3-6,9,11-12,14H,7-8,10,13,28H2,1-2H3,(H,30,31)/t14-,25-/m1/s1.